The molecule has 1 saturated heterocycles. The summed E-state index contributed by atoms with van der Waals surface area (Å²) < 4.78 is 0. The summed E-state index contributed by atoms with van der Waals surface area (Å²) in [5.74, 6) is 2.74. The predicted molar refractivity (Wildman–Crippen MR) is 66.0 cm³/mol. The Hall–Kier alpha value is -1.36. The number of hydrogen-bond acceptors (Lipinski definition) is 5. The monoisotopic (exact) mass is 221 g/mol. The summed E-state index contributed by atoms with van der Waals surface area (Å²) in [7, 11) is 1.88. The van der Waals surface area contributed by atoms with Gasteiger partial charge in [-0.15, -0.1) is 0 Å². The number of aryl methyl sites for hydroxylation is 1. The zero-order valence-corrected chi connectivity index (χ0v) is 9.95. The molecule has 1 aromatic rings. The van der Waals surface area contributed by atoms with Gasteiger partial charge in [0.05, 0.1) is 0 Å². The maximum absolute atomic E-state index is 4.49. The van der Waals surface area contributed by atoms with E-state index in [0.717, 1.165) is 50.1 Å². The van der Waals surface area contributed by atoms with Crippen LogP contribution in [0, 0.1) is 6.92 Å². The van der Waals surface area contributed by atoms with E-state index in [4.69, 9.17) is 0 Å². The molecule has 2 rings (SSSR count). The Morgan fingerprint density at radius 1 is 1.31 bits per heavy atom. The highest BCUT2D eigenvalue weighted by Gasteiger charge is 2.12. The molecule has 0 amide bonds. The molecule has 88 valence electrons. The Labute approximate surface area is 96.3 Å². The average molecular weight is 221 g/mol. The number of nitrogens with one attached hydrogen (secondary N) is 2. The van der Waals surface area contributed by atoms with E-state index in [9.17, 15) is 0 Å². The van der Waals surface area contributed by atoms with Gasteiger partial charge in [0.1, 0.15) is 17.5 Å². The topological polar surface area (TPSA) is 53.1 Å². The normalized spacial score (nSPS) is 17.0. The molecule has 0 spiro atoms. The van der Waals surface area contributed by atoms with Gasteiger partial charge in [-0.3, -0.25) is 0 Å². The zero-order valence-electron chi connectivity index (χ0n) is 9.95. The van der Waals surface area contributed by atoms with Crippen LogP contribution in [-0.2, 0) is 0 Å². The summed E-state index contributed by atoms with van der Waals surface area (Å²) in [6.45, 7) is 6.13. The second kappa shape index (κ2) is 5.12. The highest BCUT2D eigenvalue weighted by molar-refractivity contribution is 5.49. The smallest absolute Gasteiger partial charge is 0.134 e. The van der Waals surface area contributed by atoms with Gasteiger partial charge in [0.15, 0.2) is 0 Å². The minimum Gasteiger partial charge on any atom is -0.373 e. The maximum Gasteiger partial charge on any atom is 0.134 e. The minimum atomic E-state index is 0.819. The molecule has 16 heavy (non-hydrogen) atoms. The third-order valence-electron chi connectivity index (χ3n) is 2.74. The van der Waals surface area contributed by atoms with E-state index in [2.05, 4.69) is 25.5 Å². The van der Waals surface area contributed by atoms with E-state index in [-0.39, 0.29) is 0 Å². The Balaban J connectivity index is 2.20. The Bertz CT molecular complexity index is 344. The van der Waals surface area contributed by atoms with Gasteiger partial charge in [-0.05, 0) is 19.9 Å². The van der Waals surface area contributed by atoms with Crippen molar-refractivity contribution in [2.45, 2.75) is 13.3 Å². The van der Waals surface area contributed by atoms with Crippen LogP contribution in [0.25, 0.3) is 0 Å². The third kappa shape index (κ3) is 2.61. The van der Waals surface area contributed by atoms with Crippen LogP contribution in [0.2, 0.25) is 0 Å². The highest BCUT2D eigenvalue weighted by atomic mass is 15.2. The first-order valence-electron chi connectivity index (χ1n) is 5.78. The Morgan fingerprint density at radius 3 is 3.00 bits per heavy atom. The molecule has 0 aliphatic carbocycles. The third-order valence-corrected chi connectivity index (χ3v) is 2.74. The molecule has 0 unspecified atom stereocenters. The van der Waals surface area contributed by atoms with Crippen LogP contribution in [0.5, 0.6) is 0 Å². The molecule has 1 fully saturated rings. The standard InChI is InChI=1S/C11H19N5/c1-9-14-10(12-2)8-11(15-9)16-6-3-4-13-5-7-16/h8,13H,3-7H2,1-2H3,(H,12,14,15). The summed E-state index contributed by atoms with van der Waals surface area (Å²) in [6.07, 6.45) is 1.16. The Kier molecular flexibility index (Phi) is 3.56. The molecule has 0 atom stereocenters. The number of anilines is 2. The number of rotatable bonds is 2. The SMILES string of the molecule is CNc1cc(N2CCCNCC2)nc(C)n1. The minimum absolute atomic E-state index is 0.819. The molecule has 1 aromatic heterocycles. The molecule has 5 heteroatoms. The lowest BCUT2D eigenvalue weighted by Crippen LogP contribution is -2.28. The number of nitrogens with zero attached hydrogens (tertiary/aromatic N) is 3. The van der Waals surface area contributed by atoms with Gasteiger partial charge < -0.3 is 15.5 Å². The largest absolute Gasteiger partial charge is 0.373 e. The summed E-state index contributed by atoms with van der Waals surface area (Å²) in [5.41, 5.74) is 0. The van der Waals surface area contributed by atoms with Gasteiger partial charge in [-0.25, -0.2) is 9.97 Å². The van der Waals surface area contributed by atoms with Crippen LogP contribution in [-0.4, -0.2) is 43.2 Å². The van der Waals surface area contributed by atoms with Gasteiger partial charge in [0.2, 0.25) is 0 Å². The zero-order chi connectivity index (χ0) is 11.4. The fourth-order valence-corrected chi connectivity index (χ4v) is 1.92. The second-order valence-electron chi connectivity index (χ2n) is 4.00. The summed E-state index contributed by atoms with van der Waals surface area (Å²) in [6, 6.07) is 2.01. The lowest BCUT2D eigenvalue weighted by atomic mass is 10.3. The molecular formula is C11H19N5. The van der Waals surface area contributed by atoms with Gasteiger partial charge in [0, 0.05) is 32.7 Å². The molecule has 0 saturated carbocycles. The maximum atomic E-state index is 4.49. The molecule has 2 heterocycles. The molecule has 1 aliphatic heterocycles. The lowest BCUT2D eigenvalue weighted by Gasteiger charge is -2.21. The predicted octanol–water partition coefficient (Wildman–Crippen LogP) is 0.626. The van der Waals surface area contributed by atoms with Gasteiger partial charge in [0.25, 0.3) is 0 Å². The van der Waals surface area contributed by atoms with Crippen LogP contribution in [0.15, 0.2) is 6.07 Å². The number of aromatic nitrogens is 2. The first-order valence-corrected chi connectivity index (χ1v) is 5.78. The van der Waals surface area contributed by atoms with Crippen LogP contribution < -0.4 is 15.5 Å². The molecule has 0 radical (unpaired) electrons. The van der Waals surface area contributed by atoms with Crippen LogP contribution in [0.3, 0.4) is 0 Å². The van der Waals surface area contributed by atoms with Gasteiger partial charge in [-0.2, -0.15) is 0 Å². The highest BCUT2D eigenvalue weighted by Crippen LogP contribution is 2.16. The summed E-state index contributed by atoms with van der Waals surface area (Å²) in [4.78, 5) is 11.1. The summed E-state index contributed by atoms with van der Waals surface area (Å²) >= 11 is 0. The van der Waals surface area contributed by atoms with E-state index >= 15 is 0 Å². The van der Waals surface area contributed by atoms with E-state index < -0.39 is 0 Å². The van der Waals surface area contributed by atoms with Crippen LogP contribution in [0.1, 0.15) is 12.2 Å². The van der Waals surface area contributed by atoms with E-state index in [1.807, 2.05) is 20.0 Å². The average Bonchev–Trinajstić information content (AvgIpc) is 2.56. The number of hydrogen-bond donors (Lipinski definition) is 2. The quantitative estimate of drug-likeness (QED) is 0.767. The fraction of sp³-hybridized carbons (Fsp3) is 0.636. The van der Waals surface area contributed by atoms with Crippen molar-refractivity contribution in [3.05, 3.63) is 11.9 Å². The van der Waals surface area contributed by atoms with E-state index in [1.54, 1.807) is 0 Å². The van der Waals surface area contributed by atoms with Crippen molar-refractivity contribution in [2.75, 3.05) is 43.4 Å². The fourth-order valence-electron chi connectivity index (χ4n) is 1.92. The van der Waals surface area contributed by atoms with Gasteiger partial charge in [-0.1, -0.05) is 0 Å². The van der Waals surface area contributed by atoms with Gasteiger partial charge >= 0.3 is 0 Å². The first-order chi connectivity index (χ1) is 7.79. The van der Waals surface area contributed by atoms with Crippen molar-refractivity contribution in [2.24, 2.45) is 0 Å². The van der Waals surface area contributed by atoms with Crippen LogP contribution >= 0.6 is 0 Å². The molecule has 5 nitrogen and oxygen atoms in total. The van der Waals surface area contributed by atoms with Crippen LogP contribution in [0.4, 0.5) is 11.6 Å². The summed E-state index contributed by atoms with van der Waals surface area (Å²) in [5, 5.41) is 6.46. The Morgan fingerprint density at radius 2 is 2.19 bits per heavy atom. The van der Waals surface area contributed by atoms with Crippen molar-refractivity contribution in [3.8, 4) is 0 Å². The van der Waals surface area contributed by atoms with E-state index in [0.29, 0.717) is 0 Å². The lowest BCUT2D eigenvalue weighted by molar-refractivity contribution is 0.724. The van der Waals surface area contributed by atoms with Crippen molar-refractivity contribution in [1.29, 1.82) is 0 Å². The molecular weight excluding hydrogens is 202 g/mol. The molecule has 0 aromatic carbocycles. The second-order valence-corrected chi connectivity index (χ2v) is 4.00. The molecule has 2 N–H and O–H groups in total. The van der Waals surface area contributed by atoms with Crippen molar-refractivity contribution in [1.82, 2.24) is 15.3 Å². The molecule has 0 bridgehead atoms. The van der Waals surface area contributed by atoms with E-state index in [1.165, 1.54) is 0 Å². The first kappa shape index (κ1) is 11.1. The van der Waals surface area contributed by atoms with Crippen molar-refractivity contribution < 1.29 is 0 Å². The van der Waals surface area contributed by atoms with Crippen molar-refractivity contribution in [3.63, 3.8) is 0 Å². The van der Waals surface area contributed by atoms with Crippen molar-refractivity contribution >= 4 is 11.6 Å². The molecule has 1 aliphatic rings.